The minimum absolute atomic E-state index is 0.0427. The van der Waals surface area contributed by atoms with Crippen LogP contribution in [0.4, 0.5) is 18.0 Å². The van der Waals surface area contributed by atoms with Gasteiger partial charge in [-0.2, -0.15) is 13.2 Å². The second kappa shape index (κ2) is 13.6. The number of nitrogens with two attached hydrogens (primary N) is 1. The maximum absolute atomic E-state index is 13.0. The quantitative estimate of drug-likeness (QED) is 0.265. The van der Waals surface area contributed by atoms with Crippen LogP contribution in [0.3, 0.4) is 0 Å². The third-order valence-electron chi connectivity index (χ3n) is 7.40. The molecule has 0 radical (unpaired) electrons. The summed E-state index contributed by atoms with van der Waals surface area (Å²) in [6.45, 7) is 4.04. The Bertz CT molecular complexity index is 1330. The topological polar surface area (TPSA) is 99.2 Å². The molecule has 3 N–H and O–H groups in total. The number of benzene rings is 2. The number of aryl methyl sites for hydroxylation is 1. The molecule has 0 spiro atoms. The van der Waals surface area contributed by atoms with E-state index >= 15 is 0 Å². The number of fused-ring (bicyclic) bond motifs is 1. The van der Waals surface area contributed by atoms with Crippen molar-refractivity contribution in [2.45, 2.75) is 81.9 Å². The number of carbonyl (C=O) groups excluding carboxylic acids is 2. The highest BCUT2D eigenvalue weighted by molar-refractivity contribution is 7.99. The minimum Gasteiger partial charge on any atom is -0.447 e. The maximum Gasteiger partial charge on any atom is 0.404 e. The lowest BCUT2D eigenvalue weighted by Gasteiger charge is -2.23. The molecule has 1 atom stereocenters. The zero-order valence-electron chi connectivity index (χ0n) is 23.4. The van der Waals surface area contributed by atoms with E-state index in [1.165, 1.54) is 12.8 Å². The van der Waals surface area contributed by atoms with Gasteiger partial charge in [-0.25, -0.2) is 9.78 Å². The van der Waals surface area contributed by atoms with Crippen molar-refractivity contribution in [3.63, 3.8) is 0 Å². The van der Waals surface area contributed by atoms with Gasteiger partial charge in [0.25, 0.3) is 5.91 Å². The van der Waals surface area contributed by atoms with E-state index in [0.29, 0.717) is 24.4 Å². The van der Waals surface area contributed by atoms with Crippen molar-refractivity contribution in [1.82, 2.24) is 14.9 Å². The number of nitrogens with zero attached hydrogens (tertiary/aromatic N) is 2. The number of nitrogens with one attached hydrogen (secondary N) is 1. The van der Waals surface area contributed by atoms with Crippen LogP contribution in [0.15, 0.2) is 47.4 Å². The first kappa shape index (κ1) is 30.7. The van der Waals surface area contributed by atoms with E-state index in [1.54, 1.807) is 11.8 Å². The normalized spacial score (nSPS) is 16.5. The molecule has 1 aromatic heterocycles. The second-order valence-electron chi connectivity index (χ2n) is 10.5. The Morgan fingerprint density at radius 2 is 1.78 bits per heavy atom. The molecule has 1 heterocycles. The SMILES string of the molecule is CCSc1ccc(C(COC(N)=O)NC(=O)c2ccc3c(c2)nc(C)n3C2CC2)cc1.FC(F)(F)C1CCCCC1. The average molecular weight is 591 g/mol. The van der Waals surface area contributed by atoms with Crippen LogP contribution in [-0.2, 0) is 4.74 Å². The van der Waals surface area contributed by atoms with Crippen molar-refractivity contribution in [1.29, 1.82) is 0 Å². The molecule has 0 bridgehead atoms. The molecule has 1 unspecified atom stereocenters. The molecule has 11 heteroatoms. The van der Waals surface area contributed by atoms with Crippen LogP contribution in [0, 0.1) is 12.8 Å². The lowest BCUT2D eigenvalue weighted by Crippen LogP contribution is -2.33. The molecule has 0 aliphatic heterocycles. The molecule has 5 rings (SSSR count). The smallest absolute Gasteiger partial charge is 0.404 e. The summed E-state index contributed by atoms with van der Waals surface area (Å²) in [5.41, 5.74) is 8.35. The van der Waals surface area contributed by atoms with Crippen LogP contribution in [0.2, 0.25) is 0 Å². The number of alkyl halides is 3. The van der Waals surface area contributed by atoms with E-state index in [-0.39, 0.29) is 12.5 Å². The maximum atomic E-state index is 13.0. The van der Waals surface area contributed by atoms with Gasteiger partial charge in [0, 0.05) is 16.5 Å². The Morgan fingerprint density at radius 3 is 2.34 bits per heavy atom. The molecular weight excluding hydrogens is 553 g/mol. The molecule has 2 aromatic carbocycles. The third kappa shape index (κ3) is 8.40. The molecular formula is C30H37F3N4O3S. The van der Waals surface area contributed by atoms with Gasteiger partial charge >= 0.3 is 12.3 Å². The Balaban J connectivity index is 0.000000328. The van der Waals surface area contributed by atoms with Crippen LogP contribution < -0.4 is 11.1 Å². The van der Waals surface area contributed by atoms with Crippen molar-refractivity contribution in [2.24, 2.45) is 11.7 Å². The molecule has 2 amide bonds. The van der Waals surface area contributed by atoms with E-state index in [0.717, 1.165) is 52.3 Å². The standard InChI is InChI=1S/C23H26N4O3S.C7H11F3/c1-3-31-18-9-4-15(5-10-18)20(13-30-23(24)29)26-22(28)16-6-11-21-19(12-16)25-14(2)27(21)17-7-8-17;8-7(9,10)6-4-2-1-3-5-6/h4-6,9-12,17,20H,3,7-8,13H2,1-2H3,(H2,24,29)(H,26,28);6H,1-5H2. The van der Waals surface area contributed by atoms with E-state index in [2.05, 4.69) is 21.8 Å². The summed E-state index contributed by atoms with van der Waals surface area (Å²) in [6.07, 6.45) is 0.728. The predicted molar refractivity (Wildman–Crippen MR) is 154 cm³/mol. The lowest BCUT2D eigenvalue weighted by molar-refractivity contribution is -0.181. The van der Waals surface area contributed by atoms with Gasteiger partial charge in [0.05, 0.1) is 23.0 Å². The molecule has 222 valence electrons. The number of aromatic nitrogens is 2. The number of hydrogen-bond acceptors (Lipinski definition) is 5. The molecule has 2 fully saturated rings. The summed E-state index contributed by atoms with van der Waals surface area (Å²) in [7, 11) is 0. The fourth-order valence-electron chi connectivity index (χ4n) is 5.18. The molecule has 2 aliphatic rings. The highest BCUT2D eigenvalue weighted by atomic mass is 32.2. The third-order valence-corrected chi connectivity index (χ3v) is 8.29. The van der Waals surface area contributed by atoms with Crippen LogP contribution >= 0.6 is 11.8 Å². The zero-order valence-corrected chi connectivity index (χ0v) is 24.2. The number of primary amides is 1. The fraction of sp³-hybridized carbons (Fsp3) is 0.500. The molecule has 0 saturated heterocycles. The Kier molecular flexibility index (Phi) is 10.2. The van der Waals surface area contributed by atoms with Crippen molar-refractivity contribution in [3.05, 3.63) is 59.4 Å². The predicted octanol–water partition coefficient (Wildman–Crippen LogP) is 7.49. The van der Waals surface area contributed by atoms with E-state index in [1.807, 2.05) is 49.4 Å². The average Bonchev–Trinajstić information content (AvgIpc) is 3.72. The number of imidazole rings is 1. The first-order valence-corrected chi connectivity index (χ1v) is 15.1. The van der Waals surface area contributed by atoms with Gasteiger partial charge < -0.3 is 20.4 Å². The highest BCUT2D eigenvalue weighted by Crippen LogP contribution is 2.39. The van der Waals surface area contributed by atoms with Crippen molar-refractivity contribution >= 4 is 34.8 Å². The molecule has 2 saturated carbocycles. The second-order valence-corrected chi connectivity index (χ2v) is 11.8. The van der Waals surface area contributed by atoms with Gasteiger partial charge in [0.1, 0.15) is 12.4 Å². The summed E-state index contributed by atoms with van der Waals surface area (Å²) in [4.78, 5) is 29.9. The molecule has 3 aromatic rings. The largest absolute Gasteiger partial charge is 0.447 e. The number of hydrogen-bond donors (Lipinski definition) is 2. The van der Waals surface area contributed by atoms with Gasteiger partial charge in [-0.3, -0.25) is 4.79 Å². The fourth-order valence-corrected chi connectivity index (χ4v) is 5.84. The summed E-state index contributed by atoms with van der Waals surface area (Å²) in [5.74, 6) is 0.683. The minimum atomic E-state index is -3.93. The van der Waals surface area contributed by atoms with Gasteiger partial charge in [-0.1, -0.05) is 38.3 Å². The number of carbonyl (C=O) groups is 2. The summed E-state index contributed by atoms with van der Waals surface area (Å²) < 4.78 is 43.1. The van der Waals surface area contributed by atoms with Crippen LogP contribution in [-0.4, -0.2) is 40.1 Å². The molecule has 7 nitrogen and oxygen atoms in total. The van der Waals surface area contributed by atoms with E-state index in [9.17, 15) is 22.8 Å². The zero-order chi connectivity index (χ0) is 29.6. The van der Waals surface area contributed by atoms with Gasteiger partial charge in [0.2, 0.25) is 0 Å². The monoisotopic (exact) mass is 590 g/mol. The number of thioether (sulfide) groups is 1. The number of rotatable bonds is 8. The number of halogens is 3. The lowest BCUT2D eigenvalue weighted by atomic mass is 9.89. The highest BCUT2D eigenvalue weighted by Gasteiger charge is 2.39. The molecule has 2 aliphatic carbocycles. The summed E-state index contributed by atoms with van der Waals surface area (Å²) in [5, 5.41) is 2.96. The van der Waals surface area contributed by atoms with Crippen LogP contribution in [0.25, 0.3) is 11.0 Å². The molecule has 41 heavy (non-hydrogen) atoms. The van der Waals surface area contributed by atoms with Gasteiger partial charge in [-0.05, 0) is 74.3 Å². The van der Waals surface area contributed by atoms with Gasteiger partial charge in [0.15, 0.2) is 0 Å². The van der Waals surface area contributed by atoms with Crippen molar-refractivity contribution in [2.75, 3.05) is 12.4 Å². The summed E-state index contributed by atoms with van der Waals surface area (Å²) in [6, 6.07) is 13.4. The number of ether oxygens (including phenoxy) is 1. The Labute approximate surface area is 242 Å². The van der Waals surface area contributed by atoms with Crippen molar-refractivity contribution < 1.29 is 27.5 Å². The first-order chi connectivity index (χ1) is 19.6. The number of amides is 2. The van der Waals surface area contributed by atoms with Gasteiger partial charge in [-0.15, -0.1) is 11.8 Å². The van der Waals surface area contributed by atoms with Crippen molar-refractivity contribution in [3.8, 4) is 0 Å². The first-order valence-electron chi connectivity index (χ1n) is 14.1. The van der Waals surface area contributed by atoms with E-state index < -0.39 is 24.2 Å². The Morgan fingerprint density at radius 1 is 1.10 bits per heavy atom. The van der Waals surface area contributed by atoms with Crippen LogP contribution in [0.5, 0.6) is 0 Å². The Hall–Kier alpha value is -3.21. The summed E-state index contributed by atoms with van der Waals surface area (Å²) >= 11 is 1.73. The van der Waals surface area contributed by atoms with Crippen LogP contribution in [0.1, 0.15) is 85.7 Å². The van der Waals surface area contributed by atoms with E-state index in [4.69, 9.17) is 10.5 Å².